The minimum absolute atomic E-state index is 0.0386. The van der Waals surface area contributed by atoms with E-state index in [1.54, 1.807) is 0 Å². The highest BCUT2D eigenvalue weighted by atomic mass is 16.2. The van der Waals surface area contributed by atoms with Crippen molar-refractivity contribution in [2.24, 2.45) is 5.92 Å². The standard InChI is InChI=1S/C22H36N4O2/c1-16-20(17(2)24-23-16)11-8-14-25(3)22(28)18-12-13-21(27)26(15-18)19-9-6-4-5-7-10-19/h18-19H,4-15H2,1-3H3,(H,23,24)/t18-/m1/s1. The van der Waals surface area contributed by atoms with Crippen LogP contribution in [0, 0.1) is 19.8 Å². The summed E-state index contributed by atoms with van der Waals surface area (Å²) >= 11 is 0. The number of nitrogens with one attached hydrogen (secondary N) is 1. The minimum Gasteiger partial charge on any atom is -0.345 e. The number of H-pyrrole nitrogens is 1. The molecule has 0 spiro atoms. The summed E-state index contributed by atoms with van der Waals surface area (Å²) in [5.41, 5.74) is 3.44. The summed E-state index contributed by atoms with van der Waals surface area (Å²) in [6, 6.07) is 0.350. The number of likely N-dealkylation sites (tertiary alicyclic amines) is 1. The quantitative estimate of drug-likeness (QED) is 0.760. The Morgan fingerprint density at radius 1 is 1.18 bits per heavy atom. The maximum atomic E-state index is 13.0. The smallest absolute Gasteiger partial charge is 0.227 e. The number of piperidine rings is 1. The van der Waals surface area contributed by atoms with Crippen LogP contribution in [0.15, 0.2) is 0 Å². The molecule has 1 saturated carbocycles. The van der Waals surface area contributed by atoms with Gasteiger partial charge in [0.15, 0.2) is 0 Å². The Kier molecular flexibility index (Phi) is 7.13. The first-order valence-electron chi connectivity index (χ1n) is 11.0. The van der Waals surface area contributed by atoms with Crippen LogP contribution >= 0.6 is 0 Å². The van der Waals surface area contributed by atoms with E-state index in [0.29, 0.717) is 25.4 Å². The normalized spacial score (nSPS) is 21.6. The molecule has 1 aromatic heterocycles. The first-order valence-corrected chi connectivity index (χ1v) is 11.0. The Morgan fingerprint density at radius 3 is 2.54 bits per heavy atom. The summed E-state index contributed by atoms with van der Waals surface area (Å²) in [7, 11) is 1.91. The Morgan fingerprint density at radius 2 is 1.89 bits per heavy atom. The fourth-order valence-electron chi connectivity index (χ4n) is 4.85. The summed E-state index contributed by atoms with van der Waals surface area (Å²) in [6.07, 6.45) is 10.3. The van der Waals surface area contributed by atoms with E-state index >= 15 is 0 Å². The molecule has 1 aromatic rings. The number of aryl methyl sites for hydroxylation is 2. The molecule has 28 heavy (non-hydrogen) atoms. The van der Waals surface area contributed by atoms with Crippen molar-refractivity contribution in [1.29, 1.82) is 0 Å². The maximum Gasteiger partial charge on any atom is 0.227 e. The van der Waals surface area contributed by atoms with E-state index in [-0.39, 0.29) is 17.7 Å². The van der Waals surface area contributed by atoms with Gasteiger partial charge in [0, 0.05) is 38.3 Å². The predicted octanol–water partition coefficient (Wildman–Crippen LogP) is 3.38. The number of carbonyl (C=O) groups excluding carboxylic acids is 2. The summed E-state index contributed by atoms with van der Waals surface area (Å²) in [5, 5.41) is 7.27. The summed E-state index contributed by atoms with van der Waals surface area (Å²) < 4.78 is 0. The van der Waals surface area contributed by atoms with E-state index < -0.39 is 0 Å². The molecule has 2 aliphatic rings. The highest BCUT2D eigenvalue weighted by Gasteiger charge is 2.35. The third kappa shape index (κ3) is 4.95. The molecule has 1 aliphatic heterocycles. The molecule has 1 aliphatic carbocycles. The lowest BCUT2D eigenvalue weighted by Crippen LogP contribution is -2.50. The van der Waals surface area contributed by atoms with E-state index in [9.17, 15) is 9.59 Å². The second-order valence-corrected chi connectivity index (χ2v) is 8.70. The molecule has 0 unspecified atom stereocenters. The molecule has 1 saturated heterocycles. The van der Waals surface area contributed by atoms with Gasteiger partial charge in [-0.05, 0) is 51.5 Å². The van der Waals surface area contributed by atoms with Gasteiger partial charge >= 0.3 is 0 Å². The van der Waals surface area contributed by atoms with E-state index in [1.807, 2.05) is 30.7 Å². The van der Waals surface area contributed by atoms with Gasteiger partial charge < -0.3 is 9.80 Å². The number of aromatic amines is 1. The Balaban J connectivity index is 1.51. The van der Waals surface area contributed by atoms with Gasteiger partial charge in [-0.15, -0.1) is 0 Å². The van der Waals surface area contributed by atoms with Crippen molar-refractivity contribution in [3.8, 4) is 0 Å². The largest absolute Gasteiger partial charge is 0.345 e. The zero-order chi connectivity index (χ0) is 20.1. The molecule has 1 N–H and O–H groups in total. The number of carbonyl (C=O) groups is 2. The second kappa shape index (κ2) is 9.57. The van der Waals surface area contributed by atoms with Gasteiger partial charge in [0.1, 0.15) is 0 Å². The average molecular weight is 389 g/mol. The predicted molar refractivity (Wildman–Crippen MR) is 110 cm³/mol. The number of aromatic nitrogens is 2. The average Bonchev–Trinajstić information content (AvgIpc) is 2.89. The van der Waals surface area contributed by atoms with Crippen LogP contribution < -0.4 is 0 Å². The topological polar surface area (TPSA) is 69.3 Å². The molecule has 156 valence electrons. The molecule has 2 heterocycles. The number of nitrogens with zero attached hydrogens (tertiary/aromatic N) is 3. The molecule has 2 fully saturated rings. The number of rotatable bonds is 6. The fraction of sp³-hybridized carbons (Fsp3) is 0.773. The summed E-state index contributed by atoms with van der Waals surface area (Å²) in [5.74, 6) is 0.416. The van der Waals surface area contributed by atoms with Crippen molar-refractivity contribution < 1.29 is 9.59 Å². The minimum atomic E-state index is -0.0386. The lowest BCUT2D eigenvalue weighted by molar-refractivity contribution is -0.144. The number of hydrogen-bond donors (Lipinski definition) is 1. The number of hydrogen-bond acceptors (Lipinski definition) is 3. The van der Waals surface area contributed by atoms with Crippen molar-refractivity contribution in [3.05, 3.63) is 17.0 Å². The lowest BCUT2D eigenvalue weighted by atomic mass is 9.93. The highest BCUT2D eigenvalue weighted by Crippen LogP contribution is 2.28. The van der Waals surface area contributed by atoms with Gasteiger partial charge in [-0.25, -0.2) is 0 Å². The van der Waals surface area contributed by atoms with Crippen LogP contribution in [0.1, 0.15) is 74.7 Å². The molecule has 2 amide bonds. The van der Waals surface area contributed by atoms with E-state index in [1.165, 1.54) is 31.2 Å². The van der Waals surface area contributed by atoms with Crippen molar-refractivity contribution >= 4 is 11.8 Å². The van der Waals surface area contributed by atoms with Crippen LogP contribution in [-0.2, 0) is 16.0 Å². The first-order chi connectivity index (χ1) is 13.5. The third-order valence-corrected chi connectivity index (χ3v) is 6.64. The molecule has 6 nitrogen and oxygen atoms in total. The highest BCUT2D eigenvalue weighted by molar-refractivity contribution is 5.84. The zero-order valence-corrected chi connectivity index (χ0v) is 17.8. The third-order valence-electron chi connectivity index (χ3n) is 6.64. The van der Waals surface area contributed by atoms with Crippen LogP contribution in [0.5, 0.6) is 0 Å². The lowest BCUT2D eigenvalue weighted by Gasteiger charge is -2.38. The van der Waals surface area contributed by atoms with Gasteiger partial charge in [-0.1, -0.05) is 25.7 Å². The summed E-state index contributed by atoms with van der Waals surface area (Å²) in [4.78, 5) is 29.4. The van der Waals surface area contributed by atoms with Gasteiger partial charge in [-0.3, -0.25) is 14.7 Å². The van der Waals surface area contributed by atoms with Crippen molar-refractivity contribution in [2.75, 3.05) is 20.1 Å². The monoisotopic (exact) mass is 388 g/mol. The molecular weight excluding hydrogens is 352 g/mol. The second-order valence-electron chi connectivity index (χ2n) is 8.70. The van der Waals surface area contributed by atoms with Gasteiger partial charge in [-0.2, -0.15) is 5.10 Å². The zero-order valence-electron chi connectivity index (χ0n) is 17.8. The van der Waals surface area contributed by atoms with E-state index in [2.05, 4.69) is 10.2 Å². The SMILES string of the molecule is Cc1n[nH]c(C)c1CCCN(C)C(=O)[C@@H]1CCC(=O)N(C2CCCCCC2)C1. The van der Waals surface area contributed by atoms with Gasteiger partial charge in [0.25, 0.3) is 0 Å². The van der Waals surface area contributed by atoms with Crippen LogP contribution in [0.4, 0.5) is 0 Å². The van der Waals surface area contributed by atoms with Gasteiger partial charge in [0.2, 0.25) is 11.8 Å². The maximum absolute atomic E-state index is 13.0. The molecular formula is C22H36N4O2. The molecule has 3 rings (SSSR count). The fourth-order valence-corrected chi connectivity index (χ4v) is 4.85. The molecule has 0 bridgehead atoms. The Bertz CT molecular complexity index is 657. The van der Waals surface area contributed by atoms with Crippen LogP contribution in [-0.4, -0.2) is 58.0 Å². The Labute approximate surface area is 169 Å². The summed E-state index contributed by atoms with van der Waals surface area (Å²) in [6.45, 7) is 5.43. The van der Waals surface area contributed by atoms with E-state index in [0.717, 1.165) is 43.6 Å². The van der Waals surface area contributed by atoms with Gasteiger partial charge in [0.05, 0.1) is 11.6 Å². The van der Waals surface area contributed by atoms with Crippen molar-refractivity contribution in [3.63, 3.8) is 0 Å². The first kappa shape index (κ1) is 20.9. The van der Waals surface area contributed by atoms with Crippen LogP contribution in [0.3, 0.4) is 0 Å². The van der Waals surface area contributed by atoms with E-state index in [4.69, 9.17) is 0 Å². The molecule has 1 atom stereocenters. The number of amides is 2. The van der Waals surface area contributed by atoms with Crippen molar-refractivity contribution in [2.45, 2.75) is 84.1 Å². The molecule has 0 aromatic carbocycles. The van der Waals surface area contributed by atoms with Crippen molar-refractivity contribution in [1.82, 2.24) is 20.0 Å². The molecule has 6 heteroatoms. The Hall–Kier alpha value is -1.85. The molecule has 0 radical (unpaired) electrons. The van der Waals surface area contributed by atoms with Crippen LogP contribution in [0.25, 0.3) is 0 Å². The van der Waals surface area contributed by atoms with Crippen LogP contribution in [0.2, 0.25) is 0 Å².